The van der Waals surface area contributed by atoms with Crippen LogP contribution in [0.2, 0.25) is 10.0 Å². The van der Waals surface area contributed by atoms with Gasteiger partial charge in [0.25, 0.3) is 0 Å². The van der Waals surface area contributed by atoms with Crippen LogP contribution in [0.15, 0.2) is 18.2 Å². The largest absolute Gasteiger partial charge is 0.389 e. The minimum Gasteiger partial charge on any atom is -0.171 e. The van der Waals surface area contributed by atoms with Crippen LogP contribution in [-0.4, -0.2) is 11.9 Å². The van der Waals surface area contributed by atoms with Gasteiger partial charge in [0.1, 0.15) is 0 Å². The molecule has 0 aliphatic rings. The van der Waals surface area contributed by atoms with Gasteiger partial charge in [0, 0.05) is 11.5 Å². The normalized spacial score (nSPS) is 11.8. The molecule has 0 amide bonds. The van der Waals surface area contributed by atoms with Gasteiger partial charge < -0.3 is 0 Å². The van der Waals surface area contributed by atoms with Gasteiger partial charge in [0.05, 0.1) is 16.5 Å². The van der Waals surface area contributed by atoms with E-state index in [2.05, 4.69) is 0 Å². The van der Waals surface area contributed by atoms with Crippen molar-refractivity contribution in [1.29, 1.82) is 0 Å². The van der Waals surface area contributed by atoms with Gasteiger partial charge >= 0.3 is 6.18 Å². The third kappa shape index (κ3) is 5.32. The SMILES string of the molecule is FC(F)(F)CCSCc1ccc(Cl)c(Cl)c1. The van der Waals surface area contributed by atoms with E-state index in [0.29, 0.717) is 15.8 Å². The van der Waals surface area contributed by atoms with Gasteiger partial charge in [0.2, 0.25) is 0 Å². The maximum absolute atomic E-state index is 11.8. The lowest BCUT2D eigenvalue weighted by atomic mass is 10.2. The number of rotatable bonds is 4. The molecule has 6 heteroatoms. The fraction of sp³-hybridized carbons (Fsp3) is 0.400. The molecule has 0 atom stereocenters. The van der Waals surface area contributed by atoms with Crippen molar-refractivity contribution in [2.45, 2.75) is 18.3 Å². The summed E-state index contributed by atoms with van der Waals surface area (Å²) in [6, 6.07) is 5.07. The number of halogens is 5. The molecule has 1 aromatic rings. The van der Waals surface area contributed by atoms with E-state index in [0.717, 1.165) is 5.56 Å². The number of benzene rings is 1. The highest BCUT2D eigenvalue weighted by atomic mass is 35.5. The molecule has 0 N–H and O–H groups in total. The maximum atomic E-state index is 11.8. The molecular weight excluding hydrogens is 280 g/mol. The number of hydrogen-bond acceptors (Lipinski definition) is 1. The van der Waals surface area contributed by atoms with Crippen molar-refractivity contribution < 1.29 is 13.2 Å². The number of thioether (sulfide) groups is 1. The van der Waals surface area contributed by atoms with E-state index >= 15 is 0 Å². The van der Waals surface area contributed by atoms with E-state index in [1.165, 1.54) is 11.8 Å². The molecule has 0 radical (unpaired) electrons. The first-order valence-corrected chi connectivity index (χ1v) is 6.38. The lowest BCUT2D eigenvalue weighted by Crippen LogP contribution is -2.08. The van der Waals surface area contributed by atoms with E-state index in [1.54, 1.807) is 18.2 Å². The Morgan fingerprint density at radius 2 is 1.81 bits per heavy atom. The summed E-state index contributed by atoms with van der Waals surface area (Å²) in [6.07, 6.45) is -4.84. The zero-order valence-electron chi connectivity index (χ0n) is 8.15. The molecule has 16 heavy (non-hydrogen) atoms. The fourth-order valence-electron chi connectivity index (χ4n) is 1.01. The van der Waals surface area contributed by atoms with Gasteiger partial charge in [-0.15, -0.1) is 0 Å². The molecule has 0 heterocycles. The summed E-state index contributed by atoms with van der Waals surface area (Å²) in [5, 5.41) is 0.876. The van der Waals surface area contributed by atoms with E-state index < -0.39 is 12.6 Å². The summed E-state index contributed by atoms with van der Waals surface area (Å²) >= 11 is 12.7. The van der Waals surface area contributed by atoms with Crippen LogP contribution < -0.4 is 0 Å². The first-order chi connectivity index (χ1) is 7.38. The average molecular weight is 289 g/mol. The Morgan fingerprint density at radius 3 is 2.38 bits per heavy atom. The third-order valence-corrected chi connectivity index (χ3v) is 3.55. The van der Waals surface area contributed by atoms with Gasteiger partial charge in [-0.1, -0.05) is 29.3 Å². The molecule has 0 spiro atoms. The second kappa shape index (κ2) is 6.03. The van der Waals surface area contributed by atoms with Crippen LogP contribution in [0, 0.1) is 0 Å². The Hall–Kier alpha value is -0.0600. The molecule has 1 aromatic carbocycles. The predicted molar refractivity (Wildman–Crippen MR) is 63.3 cm³/mol. The standard InChI is InChI=1S/C10H9Cl2F3S/c11-8-2-1-7(5-9(8)12)6-16-4-3-10(13,14)15/h1-2,5H,3-4,6H2. The molecule has 0 fully saturated rings. The lowest BCUT2D eigenvalue weighted by molar-refractivity contribution is -0.129. The van der Waals surface area contributed by atoms with Crippen molar-refractivity contribution in [2.75, 3.05) is 5.75 Å². The summed E-state index contributed by atoms with van der Waals surface area (Å²) < 4.78 is 35.5. The van der Waals surface area contributed by atoms with Crippen molar-refractivity contribution in [3.63, 3.8) is 0 Å². The quantitative estimate of drug-likeness (QED) is 0.688. The molecule has 0 bridgehead atoms. The summed E-state index contributed by atoms with van der Waals surface area (Å²) in [7, 11) is 0. The minimum absolute atomic E-state index is 0.0593. The molecule has 0 aliphatic carbocycles. The van der Waals surface area contributed by atoms with Crippen LogP contribution in [0.4, 0.5) is 13.2 Å². The van der Waals surface area contributed by atoms with Gasteiger partial charge in [-0.05, 0) is 17.7 Å². The number of hydrogen-bond donors (Lipinski definition) is 0. The monoisotopic (exact) mass is 288 g/mol. The fourth-order valence-corrected chi connectivity index (χ4v) is 2.26. The van der Waals surface area contributed by atoms with Crippen LogP contribution >= 0.6 is 35.0 Å². The van der Waals surface area contributed by atoms with E-state index in [1.807, 2.05) is 0 Å². The highest BCUT2D eigenvalue weighted by Gasteiger charge is 2.26. The Bertz CT molecular complexity index is 352. The first-order valence-electron chi connectivity index (χ1n) is 4.47. The Labute approximate surface area is 106 Å². The lowest BCUT2D eigenvalue weighted by Gasteiger charge is -2.06. The van der Waals surface area contributed by atoms with Gasteiger partial charge in [0.15, 0.2) is 0 Å². The molecule has 0 saturated heterocycles. The summed E-state index contributed by atoms with van der Waals surface area (Å²) in [6.45, 7) is 0. The predicted octanol–water partition coefficient (Wildman–Crippen LogP) is 5.18. The highest BCUT2D eigenvalue weighted by Crippen LogP contribution is 2.26. The maximum Gasteiger partial charge on any atom is 0.389 e. The van der Waals surface area contributed by atoms with Crippen molar-refractivity contribution in [2.24, 2.45) is 0 Å². The van der Waals surface area contributed by atoms with Gasteiger partial charge in [-0.3, -0.25) is 0 Å². The molecule has 0 saturated carbocycles. The Morgan fingerprint density at radius 1 is 1.12 bits per heavy atom. The van der Waals surface area contributed by atoms with Crippen molar-refractivity contribution in [1.82, 2.24) is 0 Å². The minimum atomic E-state index is -4.08. The molecule has 0 aliphatic heterocycles. The first kappa shape index (κ1) is 14.0. The van der Waals surface area contributed by atoms with Crippen molar-refractivity contribution >= 4 is 35.0 Å². The molecule has 0 nitrogen and oxygen atoms in total. The van der Waals surface area contributed by atoms with Crippen LogP contribution in [0.5, 0.6) is 0 Å². The molecule has 1 rings (SSSR count). The van der Waals surface area contributed by atoms with Gasteiger partial charge in [-0.25, -0.2) is 0 Å². The zero-order valence-corrected chi connectivity index (χ0v) is 10.5. The smallest absolute Gasteiger partial charge is 0.171 e. The molecular formula is C10H9Cl2F3S. The Kier molecular flexibility index (Phi) is 5.28. The number of alkyl halides is 3. The van der Waals surface area contributed by atoms with E-state index in [9.17, 15) is 13.2 Å². The third-order valence-electron chi connectivity index (χ3n) is 1.78. The second-order valence-corrected chi connectivity index (χ2v) is 5.09. The summed E-state index contributed by atoms with van der Waals surface area (Å²) in [5.41, 5.74) is 0.876. The van der Waals surface area contributed by atoms with Crippen LogP contribution in [-0.2, 0) is 5.75 Å². The van der Waals surface area contributed by atoms with Crippen molar-refractivity contribution in [3.05, 3.63) is 33.8 Å². The summed E-state index contributed by atoms with van der Waals surface area (Å²) in [5.74, 6) is 0.566. The molecule has 90 valence electrons. The van der Waals surface area contributed by atoms with E-state index in [-0.39, 0.29) is 5.75 Å². The average Bonchev–Trinajstić information content (AvgIpc) is 2.17. The molecule has 0 unspecified atom stereocenters. The van der Waals surface area contributed by atoms with Crippen LogP contribution in [0.1, 0.15) is 12.0 Å². The van der Waals surface area contributed by atoms with Crippen LogP contribution in [0.3, 0.4) is 0 Å². The second-order valence-electron chi connectivity index (χ2n) is 3.17. The van der Waals surface area contributed by atoms with Crippen molar-refractivity contribution in [3.8, 4) is 0 Å². The topological polar surface area (TPSA) is 0 Å². The van der Waals surface area contributed by atoms with Crippen LogP contribution in [0.25, 0.3) is 0 Å². The van der Waals surface area contributed by atoms with Gasteiger partial charge in [-0.2, -0.15) is 24.9 Å². The molecule has 0 aromatic heterocycles. The van der Waals surface area contributed by atoms with E-state index in [4.69, 9.17) is 23.2 Å². The summed E-state index contributed by atoms with van der Waals surface area (Å²) in [4.78, 5) is 0. The Balaban J connectivity index is 2.35. The highest BCUT2D eigenvalue weighted by molar-refractivity contribution is 7.98. The zero-order chi connectivity index (χ0) is 12.2.